The molecule has 0 fully saturated rings. The first kappa shape index (κ1) is 17.7. The highest BCUT2D eigenvalue weighted by atomic mass is 32.2. The van der Waals surface area contributed by atoms with Crippen molar-refractivity contribution >= 4 is 15.8 Å². The van der Waals surface area contributed by atoms with Gasteiger partial charge in [0.05, 0.1) is 12.0 Å². The van der Waals surface area contributed by atoms with Crippen molar-refractivity contribution in [1.82, 2.24) is 0 Å². The average Bonchev–Trinajstić information content (AvgIpc) is 2.50. The summed E-state index contributed by atoms with van der Waals surface area (Å²) in [6.07, 6.45) is 0. The van der Waals surface area contributed by atoms with Gasteiger partial charge in [-0.05, 0) is 38.0 Å². The Bertz CT molecular complexity index is 882. The van der Waals surface area contributed by atoms with Gasteiger partial charge in [0.1, 0.15) is 11.5 Å². The van der Waals surface area contributed by atoms with E-state index in [0.29, 0.717) is 11.1 Å². The zero-order chi connectivity index (χ0) is 18.1. The molecule has 7 nitrogen and oxygen atoms in total. The van der Waals surface area contributed by atoms with Gasteiger partial charge in [-0.15, -0.1) is 0 Å². The van der Waals surface area contributed by atoms with Crippen molar-refractivity contribution < 1.29 is 22.3 Å². The summed E-state index contributed by atoms with van der Waals surface area (Å²) in [6, 6.07) is 6.90. The number of nitro benzene ring substituents is 1. The monoisotopic (exact) mass is 351 g/mol. The predicted octanol–water partition coefficient (Wildman–Crippen LogP) is 3.30. The summed E-state index contributed by atoms with van der Waals surface area (Å²) in [7, 11) is -3.02. The number of hydrogen-bond donors (Lipinski definition) is 0. The number of nitro groups is 1. The summed E-state index contributed by atoms with van der Waals surface area (Å²) in [6.45, 7) is 5.35. The number of methoxy groups -OCH3 is 1. The summed E-state index contributed by atoms with van der Waals surface area (Å²) < 4.78 is 35.5. The molecular formula is C16H17NO6S. The van der Waals surface area contributed by atoms with Gasteiger partial charge in [-0.2, -0.15) is 8.42 Å². The molecule has 0 atom stereocenters. The lowest BCUT2D eigenvalue weighted by Crippen LogP contribution is -2.13. The molecule has 0 spiro atoms. The molecule has 0 bridgehead atoms. The molecule has 0 aliphatic carbocycles. The van der Waals surface area contributed by atoms with E-state index in [4.69, 9.17) is 8.92 Å². The predicted molar refractivity (Wildman–Crippen MR) is 88.1 cm³/mol. The third-order valence-electron chi connectivity index (χ3n) is 3.43. The summed E-state index contributed by atoms with van der Waals surface area (Å²) >= 11 is 0. The van der Waals surface area contributed by atoms with Crippen LogP contribution in [0, 0.1) is 30.9 Å². The van der Waals surface area contributed by atoms with Gasteiger partial charge in [0.25, 0.3) is 5.69 Å². The standard InChI is InChI=1S/C16H17NO6S/c1-10-7-11(2)16(12(3)8-10)23-24(20,21)15-9-13(17(18)19)5-6-14(15)22-4/h5-9H,1-4H3. The van der Waals surface area contributed by atoms with Crippen molar-refractivity contribution in [3.05, 3.63) is 57.1 Å². The first-order valence-corrected chi connectivity index (χ1v) is 8.41. The highest BCUT2D eigenvalue weighted by Crippen LogP contribution is 2.33. The van der Waals surface area contributed by atoms with E-state index < -0.39 is 19.9 Å². The molecule has 0 saturated carbocycles. The third-order valence-corrected chi connectivity index (χ3v) is 4.67. The molecule has 0 aliphatic heterocycles. The molecule has 0 heterocycles. The quantitative estimate of drug-likeness (QED) is 0.466. The summed E-state index contributed by atoms with van der Waals surface area (Å²) in [4.78, 5) is 9.84. The van der Waals surface area contributed by atoms with Crippen molar-refractivity contribution in [2.45, 2.75) is 25.7 Å². The highest BCUT2D eigenvalue weighted by Gasteiger charge is 2.26. The normalized spacial score (nSPS) is 11.2. The van der Waals surface area contributed by atoms with Crippen LogP contribution in [0.25, 0.3) is 0 Å². The van der Waals surface area contributed by atoms with Crippen LogP contribution < -0.4 is 8.92 Å². The van der Waals surface area contributed by atoms with Gasteiger partial charge in [-0.1, -0.05) is 17.7 Å². The minimum atomic E-state index is -4.30. The number of non-ortho nitro benzene ring substituents is 1. The van der Waals surface area contributed by atoms with Crippen molar-refractivity contribution in [3.8, 4) is 11.5 Å². The van der Waals surface area contributed by atoms with E-state index in [0.717, 1.165) is 11.6 Å². The molecule has 0 aliphatic rings. The van der Waals surface area contributed by atoms with Gasteiger partial charge >= 0.3 is 10.1 Å². The summed E-state index contributed by atoms with van der Waals surface area (Å²) in [5, 5.41) is 10.9. The van der Waals surface area contributed by atoms with Crippen LogP contribution in [0.15, 0.2) is 35.2 Å². The van der Waals surface area contributed by atoms with Crippen molar-refractivity contribution in [2.24, 2.45) is 0 Å². The van der Waals surface area contributed by atoms with E-state index in [-0.39, 0.29) is 17.2 Å². The number of hydrogen-bond acceptors (Lipinski definition) is 6. The van der Waals surface area contributed by atoms with Gasteiger partial charge in [0.15, 0.2) is 4.90 Å². The Morgan fingerprint density at radius 1 is 1.04 bits per heavy atom. The van der Waals surface area contributed by atoms with E-state index in [1.807, 2.05) is 6.92 Å². The minimum absolute atomic E-state index is 0.0250. The second-order valence-electron chi connectivity index (χ2n) is 5.36. The Hall–Kier alpha value is -2.61. The Kier molecular flexibility index (Phi) is 4.79. The molecule has 24 heavy (non-hydrogen) atoms. The fourth-order valence-corrected chi connectivity index (χ4v) is 3.66. The van der Waals surface area contributed by atoms with E-state index in [1.165, 1.54) is 19.2 Å². The minimum Gasteiger partial charge on any atom is -0.495 e. The molecule has 0 amide bonds. The molecular weight excluding hydrogens is 334 g/mol. The van der Waals surface area contributed by atoms with Gasteiger partial charge < -0.3 is 8.92 Å². The molecule has 128 valence electrons. The van der Waals surface area contributed by atoms with Crippen LogP contribution in [0.1, 0.15) is 16.7 Å². The van der Waals surface area contributed by atoms with Crippen LogP contribution in [0.5, 0.6) is 11.5 Å². The van der Waals surface area contributed by atoms with Gasteiger partial charge in [-0.3, -0.25) is 10.1 Å². The number of ether oxygens (including phenoxy) is 1. The molecule has 0 unspecified atom stereocenters. The fourth-order valence-electron chi connectivity index (χ4n) is 2.43. The lowest BCUT2D eigenvalue weighted by Gasteiger charge is -2.14. The Morgan fingerprint density at radius 3 is 2.12 bits per heavy atom. The van der Waals surface area contributed by atoms with Crippen molar-refractivity contribution in [2.75, 3.05) is 7.11 Å². The molecule has 0 radical (unpaired) electrons. The molecule has 0 N–H and O–H groups in total. The lowest BCUT2D eigenvalue weighted by molar-refractivity contribution is -0.385. The van der Waals surface area contributed by atoms with E-state index in [1.54, 1.807) is 26.0 Å². The Balaban J connectivity index is 2.56. The largest absolute Gasteiger partial charge is 0.495 e. The van der Waals surface area contributed by atoms with Crippen molar-refractivity contribution in [3.63, 3.8) is 0 Å². The number of rotatable bonds is 5. The number of aryl methyl sites for hydroxylation is 3. The molecule has 0 saturated heterocycles. The average molecular weight is 351 g/mol. The zero-order valence-corrected chi connectivity index (χ0v) is 14.5. The maximum absolute atomic E-state index is 12.6. The summed E-state index contributed by atoms with van der Waals surface area (Å²) in [5.41, 5.74) is 1.92. The molecule has 0 aromatic heterocycles. The first-order chi connectivity index (χ1) is 11.2. The van der Waals surface area contributed by atoms with Gasteiger partial charge in [-0.25, -0.2) is 0 Å². The second-order valence-corrected chi connectivity index (χ2v) is 6.87. The second kappa shape index (κ2) is 6.48. The van der Waals surface area contributed by atoms with Gasteiger partial charge in [0.2, 0.25) is 0 Å². The molecule has 2 rings (SSSR count). The zero-order valence-electron chi connectivity index (χ0n) is 13.7. The Labute approximate surface area is 140 Å². The highest BCUT2D eigenvalue weighted by molar-refractivity contribution is 7.87. The molecule has 2 aromatic carbocycles. The first-order valence-electron chi connectivity index (χ1n) is 7.00. The van der Waals surface area contributed by atoms with Crippen LogP contribution in [-0.2, 0) is 10.1 Å². The van der Waals surface area contributed by atoms with Crippen molar-refractivity contribution in [1.29, 1.82) is 0 Å². The fraction of sp³-hybridized carbons (Fsp3) is 0.250. The smallest absolute Gasteiger partial charge is 0.343 e. The van der Waals surface area contributed by atoms with E-state index in [9.17, 15) is 18.5 Å². The van der Waals surface area contributed by atoms with Crippen LogP contribution in [0.4, 0.5) is 5.69 Å². The maximum atomic E-state index is 12.6. The maximum Gasteiger partial charge on any atom is 0.343 e. The van der Waals surface area contributed by atoms with Crippen LogP contribution in [-0.4, -0.2) is 20.5 Å². The molecule has 2 aromatic rings. The number of benzene rings is 2. The van der Waals surface area contributed by atoms with Gasteiger partial charge in [0, 0.05) is 12.1 Å². The van der Waals surface area contributed by atoms with E-state index in [2.05, 4.69) is 0 Å². The SMILES string of the molecule is COc1ccc([N+](=O)[O-])cc1S(=O)(=O)Oc1c(C)cc(C)cc1C. The third kappa shape index (κ3) is 3.48. The van der Waals surface area contributed by atoms with E-state index >= 15 is 0 Å². The molecule has 8 heteroatoms. The Morgan fingerprint density at radius 2 is 1.62 bits per heavy atom. The van der Waals surface area contributed by atoms with Crippen LogP contribution in [0.2, 0.25) is 0 Å². The number of nitrogens with zero attached hydrogens (tertiary/aromatic N) is 1. The topological polar surface area (TPSA) is 95.7 Å². The lowest BCUT2D eigenvalue weighted by atomic mass is 10.1. The van der Waals surface area contributed by atoms with Crippen LogP contribution >= 0.6 is 0 Å². The summed E-state index contributed by atoms with van der Waals surface area (Å²) in [5.74, 6) is 0.178. The van der Waals surface area contributed by atoms with Crippen LogP contribution in [0.3, 0.4) is 0 Å².